The zero-order valence-corrected chi connectivity index (χ0v) is 12.2. The molecule has 2 rings (SSSR count). The molecule has 0 saturated heterocycles. The molecule has 0 radical (unpaired) electrons. The Morgan fingerprint density at radius 3 is 2.57 bits per heavy atom. The van der Waals surface area contributed by atoms with Crippen molar-refractivity contribution in [1.29, 1.82) is 5.26 Å². The van der Waals surface area contributed by atoms with Gasteiger partial charge in [-0.2, -0.15) is 5.26 Å². The predicted molar refractivity (Wildman–Crippen MR) is 79.4 cm³/mol. The molecule has 0 bridgehead atoms. The lowest BCUT2D eigenvalue weighted by Gasteiger charge is -2.12. The second-order valence-electron chi connectivity index (χ2n) is 4.34. The fraction of sp³-hybridized carbons (Fsp3) is 0.188. The number of aliphatic hydroxyl groups excluding tert-OH is 1. The van der Waals surface area contributed by atoms with E-state index in [0.29, 0.717) is 27.6 Å². The van der Waals surface area contributed by atoms with Gasteiger partial charge in [-0.3, -0.25) is 0 Å². The van der Waals surface area contributed by atoms with Crippen LogP contribution >= 0.6 is 11.6 Å². The summed E-state index contributed by atoms with van der Waals surface area (Å²) in [5.74, 6) is 1.19. The van der Waals surface area contributed by atoms with Gasteiger partial charge >= 0.3 is 0 Å². The van der Waals surface area contributed by atoms with Gasteiger partial charge in [-0.25, -0.2) is 0 Å². The van der Waals surface area contributed by atoms with Crippen molar-refractivity contribution < 1.29 is 14.6 Å². The molecule has 108 valence electrons. The summed E-state index contributed by atoms with van der Waals surface area (Å²) < 4.78 is 10.8. The topological polar surface area (TPSA) is 62.5 Å². The number of nitriles is 1. The van der Waals surface area contributed by atoms with Gasteiger partial charge in [-0.1, -0.05) is 17.7 Å². The summed E-state index contributed by atoms with van der Waals surface area (Å²) in [6, 6.07) is 12.3. The van der Waals surface area contributed by atoms with E-state index in [-0.39, 0.29) is 13.2 Å². The molecule has 0 spiro atoms. The maximum absolute atomic E-state index is 9.32. The number of ether oxygens (including phenoxy) is 2. The number of methoxy groups -OCH3 is 1. The van der Waals surface area contributed by atoms with Gasteiger partial charge in [0.15, 0.2) is 0 Å². The molecule has 0 unspecified atom stereocenters. The first-order chi connectivity index (χ1) is 10.2. The van der Waals surface area contributed by atoms with Gasteiger partial charge in [0.2, 0.25) is 0 Å². The van der Waals surface area contributed by atoms with Gasteiger partial charge in [0.05, 0.1) is 25.3 Å². The van der Waals surface area contributed by atoms with Crippen LogP contribution in [0.1, 0.15) is 16.7 Å². The quantitative estimate of drug-likeness (QED) is 0.920. The zero-order chi connectivity index (χ0) is 15.2. The number of halogens is 1. The van der Waals surface area contributed by atoms with Crippen LogP contribution in [-0.2, 0) is 13.2 Å². The van der Waals surface area contributed by atoms with Crippen molar-refractivity contribution in [3.05, 3.63) is 58.1 Å². The van der Waals surface area contributed by atoms with Gasteiger partial charge in [0.1, 0.15) is 18.1 Å². The third-order valence-electron chi connectivity index (χ3n) is 3.01. The molecule has 0 heterocycles. The molecule has 0 aliphatic heterocycles. The highest BCUT2D eigenvalue weighted by Gasteiger charge is 2.08. The Hall–Kier alpha value is -2.22. The van der Waals surface area contributed by atoms with Crippen LogP contribution in [0, 0.1) is 11.3 Å². The van der Waals surface area contributed by atoms with Gasteiger partial charge in [-0.05, 0) is 24.3 Å². The number of hydrogen-bond donors (Lipinski definition) is 1. The maximum atomic E-state index is 9.32. The number of nitrogens with zero attached hydrogens (tertiary/aromatic N) is 1. The highest BCUT2D eigenvalue weighted by Crippen LogP contribution is 2.27. The summed E-state index contributed by atoms with van der Waals surface area (Å²) in [6.45, 7) is 0.116. The van der Waals surface area contributed by atoms with Gasteiger partial charge < -0.3 is 14.6 Å². The Balaban J connectivity index is 2.18. The van der Waals surface area contributed by atoms with Crippen LogP contribution in [-0.4, -0.2) is 12.2 Å². The molecule has 2 aromatic carbocycles. The molecular weight excluding hydrogens is 290 g/mol. The van der Waals surface area contributed by atoms with Crippen molar-refractivity contribution in [2.24, 2.45) is 0 Å². The molecule has 1 N–H and O–H groups in total. The van der Waals surface area contributed by atoms with Gasteiger partial charge in [0, 0.05) is 22.2 Å². The second-order valence-corrected chi connectivity index (χ2v) is 4.75. The third kappa shape index (κ3) is 3.66. The number of aliphatic hydroxyl groups is 1. The fourth-order valence-electron chi connectivity index (χ4n) is 1.82. The molecule has 0 atom stereocenters. The van der Waals surface area contributed by atoms with E-state index in [1.807, 2.05) is 6.07 Å². The van der Waals surface area contributed by atoms with Crippen LogP contribution in [0.4, 0.5) is 0 Å². The monoisotopic (exact) mass is 303 g/mol. The van der Waals surface area contributed by atoms with Crippen molar-refractivity contribution in [2.75, 3.05) is 7.11 Å². The minimum atomic E-state index is -0.125. The Morgan fingerprint density at radius 2 is 1.95 bits per heavy atom. The lowest BCUT2D eigenvalue weighted by Crippen LogP contribution is -2.00. The first kappa shape index (κ1) is 15.2. The Kier molecular flexibility index (Phi) is 5.04. The highest BCUT2D eigenvalue weighted by molar-refractivity contribution is 6.31. The first-order valence-corrected chi connectivity index (χ1v) is 6.65. The van der Waals surface area contributed by atoms with Crippen LogP contribution in [0.15, 0.2) is 36.4 Å². The highest BCUT2D eigenvalue weighted by atomic mass is 35.5. The van der Waals surface area contributed by atoms with Crippen molar-refractivity contribution in [1.82, 2.24) is 0 Å². The summed E-state index contributed by atoms with van der Waals surface area (Å²) in [4.78, 5) is 0. The van der Waals surface area contributed by atoms with E-state index in [1.54, 1.807) is 43.5 Å². The minimum absolute atomic E-state index is 0.125. The summed E-state index contributed by atoms with van der Waals surface area (Å²) in [7, 11) is 1.56. The average Bonchev–Trinajstić information content (AvgIpc) is 2.53. The molecule has 0 fully saturated rings. The van der Waals surface area contributed by atoms with Crippen LogP contribution in [0.25, 0.3) is 0 Å². The average molecular weight is 304 g/mol. The third-order valence-corrected chi connectivity index (χ3v) is 3.36. The van der Waals surface area contributed by atoms with Crippen molar-refractivity contribution in [3.63, 3.8) is 0 Å². The zero-order valence-electron chi connectivity index (χ0n) is 11.5. The number of hydrogen-bond acceptors (Lipinski definition) is 4. The molecule has 0 aliphatic rings. The maximum Gasteiger partial charge on any atom is 0.129 e. The summed E-state index contributed by atoms with van der Waals surface area (Å²) in [6.07, 6.45) is 0. The van der Waals surface area contributed by atoms with E-state index in [0.717, 1.165) is 5.56 Å². The standard InChI is InChI=1S/C16H14ClNO3/c1-20-14-5-4-12(9-19)16(7-14)21-10-13-3-2-11(8-18)6-15(13)17/h2-7,19H,9-10H2,1H3. The lowest BCUT2D eigenvalue weighted by atomic mass is 10.1. The van der Waals surface area contributed by atoms with Crippen molar-refractivity contribution in [3.8, 4) is 17.6 Å². The molecule has 0 saturated carbocycles. The van der Waals surface area contributed by atoms with Crippen LogP contribution < -0.4 is 9.47 Å². The summed E-state index contributed by atoms with van der Waals surface area (Å²) in [5.41, 5.74) is 1.93. The van der Waals surface area contributed by atoms with Gasteiger partial charge in [0.25, 0.3) is 0 Å². The lowest BCUT2D eigenvalue weighted by molar-refractivity contribution is 0.258. The summed E-state index contributed by atoms with van der Waals surface area (Å²) >= 11 is 6.10. The van der Waals surface area contributed by atoms with E-state index in [2.05, 4.69) is 0 Å². The van der Waals surface area contributed by atoms with Crippen LogP contribution in [0.2, 0.25) is 5.02 Å². The normalized spacial score (nSPS) is 10.0. The van der Waals surface area contributed by atoms with Crippen molar-refractivity contribution >= 4 is 11.6 Å². The van der Waals surface area contributed by atoms with E-state index >= 15 is 0 Å². The van der Waals surface area contributed by atoms with Crippen LogP contribution in [0.5, 0.6) is 11.5 Å². The van der Waals surface area contributed by atoms with Crippen LogP contribution in [0.3, 0.4) is 0 Å². The van der Waals surface area contributed by atoms with Crippen molar-refractivity contribution in [2.45, 2.75) is 13.2 Å². The molecule has 0 amide bonds. The predicted octanol–water partition coefficient (Wildman–Crippen LogP) is 3.29. The molecule has 0 aliphatic carbocycles. The SMILES string of the molecule is COc1ccc(CO)c(OCc2ccc(C#N)cc2Cl)c1. The summed E-state index contributed by atoms with van der Waals surface area (Å²) in [5, 5.41) is 18.6. The molecular formula is C16H14ClNO3. The smallest absolute Gasteiger partial charge is 0.129 e. The first-order valence-electron chi connectivity index (χ1n) is 6.27. The Bertz CT molecular complexity index is 680. The van der Waals surface area contributed by atoms with E-state index in [1.165, 1.54) is 0 Å². The Morgan fingerprint density at radius 1 is 1.19 bits per heavy atom. The molecule has 5 heteroatoms. The minimum Gasteiger partial charge on any atom is -0.497 e. The number of rotatable bonds is 5. The molecule has 0 aromatic heterocycles. The molecule has 21 heavy (non-hydrogen) atoms. The Labute approximate surface area is 128 Å². The van der Waals surface area contributed by atoms with Gasteiger partial charge in [-0.15, -0.1) is 0 Å². The largest absolute Gasteiger partial charge is 0.497 e. The van der Waals surface area contributed by atoms with E-state index in [4.69, 9.17) is 26.3 Å². The molecule has 2 aromatic rings. The molecule has 4 nitrogen and oxygen atoms in total. The number of benzene rings is 2. The fourth-order valence-corrected chi connectivity index (χ4v) is 2.05. The second kappa shape index (κ2) is 6.98. The van der Waals surface area contributed by atoms with E-state index in [9.17, 15) is 5.11 Å². The van der Waals surface area contributed by atoms with E-state index < -0.39 is 0 Å².